The molecule has 9 nitrogen and oxygen atoms in total. The van der Waals surface area contributed by atoms with Crippen molar-refractivity contribution >= 4 is 19.9 Å². The van der Waals surface area contributed by atoms with E-state index in [9.17, 15) is 19.3 Å². The van der Waals surface area contributed by atoms with E-state index in [1.165, 1.54) is 6.92 Å². The summed E-state index contributed by atoms with van der Waals surface area (Å²) >= 11 is 0. The fourth-order valence-electron chi connectivity index (χ4n) is 4.33. The normalized spacial score (nSPS) is 12.8. The Kier molecular flexibility index (Phi) is 13.6. The first-order chi connectivity index (χ1) is 21.0. The van der Waals surface area contributed by atoms with Crippen LogP contribution >= 0.6 is 7.82 Å². The van der Waals surface area contributed by atoms with E-state index < -0.39 is 37.6 Å². The molecule has 0 aliphatic carbocycles. The molecule has 11 heteroatoms. The van der Waals surface area contributed by atoms with Crippen LogP contribution in [0.25, 0.3) is 11.1 Å². The summed E-state index contributed by atoms with van der Waals surface area (Å²) in [6.45, 7) is 4.44. The van der Waals surface area contributed by atoms with Gasteiger partial charge in [0.2, 0.25) is 0 Å². The average molecular weight is 640 g/mol. The van der Waals surface area contributed by atoms with Crippen molar-refractivity contribution in [1.29, 1.82) is 0 Å². The Morgan fingerprint density at radius 1 is 0.756 bits per heavy atom. The monoisotopic (exact) mass is 639 g/mol. The van der Waals surface area contributed by atoms with E-state index >= 15 is 0 Å². The Balaban J connectivity index is 0.00000552. The van der Waals surface area contributed by atoms with Crippen molar-refractivity contribution in [2.75, 3.05) is 0 Å². The first kappa shape index (κ1) is 36.2. The number of alkyl carbamates (subject to hydrolysis) is 1. The van der Waals surface area contributed by atoms with Gasteiger partial charge in [-0.3, -0.25) is 13.6 Å². The van der Waals surface area contributed by atoms with E-state index in [0.717, 1.165) is 11.1 Å². The van der Waals surface area contributed by atoms with Crippen molar-refractivity contribution in [3.05, 3.63) is 132 Å². The first-order valence-electron chi connectivity index (χ1n) is 14.1. The van der Waals surface area contributed by atoms with Crippen LogP contribution in [0.1, 0.15) is 37.5 Å². The number of ether oxygens (including phenoxy) is 1. The molecule has 4 aromatic carbocycles. The number of carbonyl (C=O) groups is 2. The molecule has 0 saturated heterocycles. The topological polar surface area (TPSA) is 123 Å². The van der Waals surface area contributed by atoms with Crippen molar-refractivity contribution in [2.24, 2.45) is 0 Å². The number of rotatable bonds is 14. The third kappa shape index (κ3) is 10.9. The Morgan fingerprint density at radius 3 is 1.67 bits per heavy atom. The predicted octanol–water partition coefficient (Wildman–Crippen LogP) is 3.38. The molecule has 0 bridgehead atoms. The van der Waals surface area contributed by atoms with Crippen LogP contribution in [-0.4, -0.2) is 24.2 Å². The molecule has 0 unspecified atom stereocenters. The van der Waals surface area contributed by atoms with Gasteiger partial charge in [-0.2, -0.15) is 0 Å². The van der Waals surface area contributed by atoms with Crippen molar-refractivity contribution in [2.45, 2.75) is 51.7 Å². The molecule has 4 rings (SSSR count). The number of carboxylic acid groups (broad SMARTS) is 1. The minimum Gasteiger partial charge on any atom is -0.548 e. The minimum absolute atomic E-state index is 0. The standard InChI is InChI=1S/C34H36NO8P.Na/c1-25(43-44(39,40-23-26-13-7-4-8-14-26)41-24-27-15-9-5-10-16-27)31(32(36)37)35-33(38)42-34(2,3)30-21-19-29(20-22-30)28-17-11-6-12-18-28;/h4-22,25,31H,23-24H2,1-3H3,(H,35,38)(H,36,37);/q;+1/p-1/t25-,31+;/m1./s1. The third-order valence-electron chi connectivity index (χ3n) is 6.79. The van der Waals surface area contributed by atoms with Gasteiger partial charge in [-0.15, -0.1) is 0 Å². The van der Waals surface area contributed by atoms with E-state index in [0.29, 0.717) is 16.7 Å². The summed E-state index contributed by atoms with van der Waals surface area (Å²) < 4.78 is 36.1. The van der Waals surface area contributed by atoms with Gasteiger partial charge >= 0.3 is 43.5 Å². The van der Waals surface area contributed by atoms with Crippen LogP contribution in [0, 0.1) is 0 Å². The maximum absolute atomic E-state index is 13.7. The largest absolute Gasteiger partial charge is 1.00 e. The van der Waals surface area contributed by atoms with E-state index in [1.807, 2.05) is 66.7 Å². The van der Waals surface area contributed by atoms with Crippen molar-refractivity contribution < 1.29 is 67.1 Å². The number of amides is 1. The zero-order valence-corrected chi connectivity index (χ0v) is 28.6. The number of hydrogen-bond donors (Lipinski definition) is 1. The molecule has 0 fully saturated rings. The molecule has 45 heavy (non-hydrogen) atoms. The molecular weight excluding hydrogens is 604 g/mol. The fourth-order valence-corrected chi connectivity index (χ4v) is 5.67. The maximum atomic E-state index is 13.7. The van der Waals surface area contributed by atoms with Crippen molar-refractivity contribution in [1.82, 2.24) is 5.32 Å². The average Bonchev–Trinajstić information content (AvgIpc) is 3.03. The number of carbonyl (C=O) groups excluding carboxylic acids is 2. The number of benzene rings is 4. The number of phosphoric acid groups is 1. The van der Waals surface area contributed by atoms with Gasteiger partial charge in [0.25, 0.3) is 0 Å². The van der Waals surface area contributed by atoms with Gasteiger partial charge in [-0.25, -0.2) is 9.36 Å². The van der Waals surface area contributed by atoms with Crippen LogP contribution in [0.5, 0.6) is 0 Å². The number of hydrogen-bond acceptors (Lipinski definition) is 8. The zero-order valence-electron chi connectivity index (χ0n) is 25.8. The molecule has 1 N–H and O–H groups in total. The summed E-state index contributed by atoms with van der Waals surface area (Å²) in [6, 6.07) is 33.4. The summed E-state index contributed by atoms with van der Waals surface area (Å²) in [4.78, 5) is 25.0. The summed E-state index contributed by atoms with van der Waals surface area (Å²) in [6.07, 6.45) is -2.42. The smallest absolute Gasteiger partial charge is 0.548 e. The Morgan fingerprint density at radius 2 is 1.20 bits per heavy atom. The van der Waals surface area contributed by atoms with Crippen LogP contribution in [-0.2, 0) is 46.5 Å². The van der Waals surface area contributed by atoms with Gasteiger partial charge in [0.15, 0.2) is 0 Å². The van der Waals surface area contributed by atoms with E-state index in [4.69, 9.17) is 18.3 Å². The van der Waals surface area contributed by atoms with Crippen LogP contribution in [0.2, 0.25) is 0 Å². The van der Waals surface area contributed by atoms with Crippen LogP contribution in [0.15, 0.2) is 115 Å². The molecule has 230 valence electrons. The van der Waals surface area contributed by atoms with E-state index in [1.54, 1.807) is 62.4 Å². The molecule has 0 saturated carbocycles. The van der Waals surface area contributed by atoms with Gasteiger partial charge in [0, 0.05) is 0 Å². The van der Waals surface area contributed by atoms with Gasteiger partial charge in [0.05, 0.1) is 31.3 Å². The fraction of sp³-hybridized carbons (Fsp3) is 0.235. The summed E-state index contributed by atoms with van der Waals surface area (Å²) in [5, 5.41) is 14.4. The van der Waals surface area contributed by atoms with Gasteiger partial charge in [0.1, 0.15) is 5.60 Å². The molecule has 0 aliphatic rings. The Hall–Kier alpha value is -3.27. The first-order valence-corrected chi connectivity index (χ1v) is 15.5. The van der Waals surface area contributed by atoms with E-state index in [-0.39, 0.29) is 42.8 Å². The summed E-state index contributed by atoms with van der Waals surface area (Å²) in [5.41, 5.74) is 3.00. The Bertz CT molecular complexity index is 1510. The molecule has 2 atom stereocenters. The number of phosphoric ester groups is 1. The summed E-state index contributed by atoms with van der Waals surface area (Å²) in [7, 11) is -4.35. The third-order valence-corrected chi connectivity index (χ3v) is 8.27. The second-order valence-electron chi connectivity index (χ2n) is 10.6. The Labute approximate surface area is 285 Å². The molecule has 0 spiro atoms. The van der Waals surface area contributed by atoms with Crippen LogP contribution in [0.4, 0.5) is 4.79 Å². The van der Waals surface area contributed by atoms with Crippen molar-refractivity contribution in [3.63, 3.8) is 0 Å². The molecular formula is C34H35NNaO8P. The zero-order chi connectivity index (χ0) is 31.6. The number of carboxylic acids is 1. The number of nitrogens with one attached hydrogen (secondary N) is 1. The van der Waals surface area contributed by atoms with Crippen LogP contribution in [0.3, 0.4) is 0 Å². The second kappa shape index (κ2) is 16.9. The molecule has 0 radical (unpaired) electrons. The second-order valence-corrected chi connectivity index (χ2v) is 12.2. The number of aliphatic carboxylic acids is 1. The van der Waals surface area contributed by atoms with Gasteiger partial charge in [-0.05, 0) is 48.6 Å². The molecule has 0 aromatic heterocycles. The molecule has 0 heterocycles. The van der Waals surface area contributed by atoms with E-state index in [2.05, 4.69) is 5.32 Å². The quantitative estimate of drug-likeness (QED) is 0.165. The molecule has 0 aliphatic heterocycles. The van der Waals surface area contributed by atoms with Crippen LogP contribution < -0.4 is 40.0 Å². The SMILES string of the molecule is C[C@@H](OP(=O)(OCc1ccccc1)OCc1ccccc1)[C@H](NC(=O)OC(C)(C)c1ccc(-c2ccccc2)cc1)C(=O)[O-].[Na+]. The van der Waals surface area contributed by atoms with Gasteiger partial charge < -0.3 is 20.0 Å². The minimum atomic E-state index is -4.35. The van der Waals surface area contributed by atoms with Crippen molar-refractivity contribution in [3.8, 4) is 11.1 Å². The summed E-state index contributed by atoms with van der Waals surface area (Å²) in [5.74, 6) is -1.67. The predicted molar refractivity (Wildman–Crippen MR) is 164 cm³/mol. The van der Waals surface area contributed by atoms with Gasteiger partial charge in [-0.1, -0.05) is 115 Å². The molecule has 4 aromatic rings. The maximum Gasteiger partial charge on any atom is 1.00 e. The molecule has 1 amide bonds.